The van der Waals surface area contributed by atoms with E-state index in [1.807, 2.05) is 0 Å². The molecule has 3 aromatic rings. The fourth-order valence-electron chi connectivity index (χ4n) is 4.39. The SMILES string of the molecule is O=C(NCC(O)c1ccc(Nc2ncc(-c3ccc(OC(F)F)cc3)cn2)cc1)C1CC(=O)N(C2CC2)C1. The van der Waals surface area contributed by atoms with E-state index < -0.39 is 12.7 Å². The van der Waals surface area contributed by atoms with E-state index in [9.17, 15) is 23.5 Å². The maximum Gasteiger partial charge on any atom is 0.387 e. The van der Waals surface area contributed by atoms with E-state index >= 15 is 0 Å². The molecule has 3 N–H and O–H groups in total. The predicted octanol–water partition coefficient (Wildman–Crippen LogP) is 3.65. The molecular formula is C27H27F2N5O4. The fourth-order valence-corrected chi connectivity index (χ4v) is 4.39. The molecule has 2 unspecified atom stereocenters. The second kappa shape index (κ2) is 11.1. The number of nitrogens with one attached hydrogen (secondary N) is 2. The number of benzene rings is 2. The molecule has 0 bridgehead atoms. The van der Waals surface area contributed by atoms with Crippen molar-refractivity contribution in [2.45, 2.75) is 38.0 Å². The Morgan fingerprint density at radius 3 is 2.37 bits per heavy atom. The largest absolute Gasteiger partial charge is 0.435 e. The molecule has 2 atom stereocenters. The maximum absolute atomic E-state index is 12.5. The lowest BCUT2D eigenvalue weighted by molar-refractivity contribution is -0.129. The quantitative estimate of drug-likeness (QED) is 0.371. The number of nitrogens with zero attached hydrogens (tertiary/aromatic N) is 3. The molecule has 9 nitrogen and oxygen atoms in total. The Morgan fingerprint density at radius 2 is 1.74 bits per heavy atom. The first-order valence-electron chi connectivity index (χ1n) is 12.4. The van der Waals surface area contributed by atoms with Crippen molar-refractivity contribution in [2.75, 3.05) is 18.4 Å². The van der Waals surface area contributed by atoms with Crippen LogP contribution in [-0.2, 0) is 9.59 Å². The monoisotopic (exact) mass is 523 g/mol. The Balaban J connectivity index is 1.11. The zero-order chi connectivity index (χ0) is 26.6. The normalized spacial score (nSPS) is 17.9. The molecule has 1 saturated heterocycles. The van der Waals surface area contributed by atoms with Gasteiger partial charge in [0.1, 0.15) is 5.75 Å². The molecule has 38 heavy (non-hydrogen) atoms. The van der Waals surface area contributed by atoms with Gasteiger partial charge in [-0.2, -0.15) is 8.78 Å². The number of anilines is 2. The Morgan fingerprint density at radius 1 is 1.05 bits per heavy atom. The van der Waals surface area contributed by atoms with Crippen LogP contribution in [-0.4, -0.2) is 57.5 Å². The number of aliphatic hydroxyl groups is 1. The lowest BCUT2D eigenvalue weighted by atomic mass is 10.1. The molecule has 1 saturated carbocycles. The lowest BCUT2D eigenvalue weighted by Crippen LogP contribution is -2.35. The third kappa shape index (κ3) is 6.23. The maximum atomic E-state index is 12.5. The number of hydrogen-bond acceptors (Lipinski definition) is 7. The fraction of sp³-hybridized carbons (Fsp3) is 0.333. The van der Waals surface area contributed by atoms with Gasteiger partial charge in [0, 0.05) is 49.2 Å². The molecule has 2 fully saturated rings. The third-order valence-electron chi connectivity index (χ3n) is 6.60. The highest BCUT2D eigenvalue weighted by atomic mass is 19.3. The summed E-state index contributed by atoms with van der Waals surface area (Å²) in [5.41, 5.74) is 2.80. The molecule has 0 spiro atoms. The zero-order valence-electron chi connectivity index (χ0n) is 20.4. The summed E-state index contributed by atoms with van der Waals surface area (Å²) in [4.78, 5) is 34.9. The Labute approximate surface area is 217 Å². The van der Waals surface area contributed by atoms with Gasteiger partial charge in [-0.1, -0.05) is 24.3 Å². The highest BCUT2D eigenvalue weighted by molar-refractivity contribution is 5.89. The van der Waals surface area contributed by atoms with Gasteiger partial charge in [-0.15, -0.1) is 0 Å². The second-order valence-corrected chi connectivity index (χ2v) is 9.38. The van der Waals surface area contributed by atoms with E-state index in [1.165, 1.54) is 12.1 Å². The first kappa shape index (κ1) is 25.5. The number of alkyl halides is 2. The number of carbonyl (C=O) groups excluding carboxylic acids is 2. The van der Waals surface area contributed by atoms with Crippen molar-refractivity contribution in [3.63, 3.8) is 0 Å². The number of likely N-dealkylation sites (tertiary alicyclic amines) is 1. The number of ether oxygens (including phenoxy) is 1. The number of amides is 2. The van der Waals surface area contributed by atoms with Gasteiger partial charge in [0.15, 0.2) is 0 Å². The molecule has 2 amide bonds. The van der Waals surface area contributed by atoms with Gasteiger partial charge in [0.05, 0.1) is 12.0 Å². The van der Waals surface area contributed by atoms with Crippen LogP contribution in [0.25, 0.3) is 11.1 Å². The summed E-state index contributed by atoms with van der Waals surface area (Å²) >= 11 is 0. The number of hydrogen-bond donors (Lipinski definition) is 3. The molecule has 198 valence electrons. The average molecular weight is 524 g/mol. The van der Waals surface area contributed by atoms with Crippen molar-refractivity contribution in [3.8, 4) is 16.9 Å². The molecule has 1 aliphatic carbocycles. The van der Waals surface area contributed by atoms with Gasteiger partial charge in [-0.25, -0.2) is 9.97 Å². The summed E-state index contributed by atoms with van der Waals surface area (Å²) in [5.74, 6) is -0.113. The summed E-state index contributed by atoms with van der Waals surface area (Å²) in [6, 6.07) is 13.5. The van der Waals surface area contributed by atoms with Gasteiger partial charge in [-0.05, 0) is 48.2 Å². The van der Waals surface area contributed by atoms with Gasteiger partial charge in [-0.3, -0.25) is 9.59 Å². The minimum atomic E-state index is -2.87. The first-order valence-corrected chi connectivity index (χ1v) is 12.4. The molecule has 1 aromatic heterocycles. The van der Waals surface area contributed by atoms with Crippen molar-refractivity contribution < 1.29 is 28.2 Å². The average Bonchev–Trinajstić information content (AvgIpc) is 3.69. The number of carbonyl (C=O) groups is 2. The van der Waals surface area contributed by atoms with Crippen LogP contribution in [0.5, 0.6) is 5.75 Å². The predicted molar refractivity (Wildman–Crippen MR) is 135 cm³/mol. The number of aromatic nitrogens is 2. The van der Waals surface area contributed by atoms with Crippen LogP contribution < -0.4 is 15.4 Å². The van der Waals surface area contributed by atoms with E-state index in [0.717, 1.165) is 18.4 Å². The van der Waals surface area contributed by atoms with E-state index in [2.05, 4.69) is 25.3 Å². The van der Waals surface area contributed by atoms with Gasteiger partial charge < -0.3 is 25.4 Å². The standard InChI is InChI=1S/C27H27F2N5O4/c28-26(29)38-22-9-3-16(4-10-22)19-12-31-27(32-13-19)33-20-5-1-17(2-6-20)23(35)14-30-25(37)18-11-24(36)34(15-18)21-7-8-21/h1-6,9-10,12-13,18,21,23,26,35H,7-8,11,14-15H2,(H,30,37)(H,31,32,33). The van der Waals surface area contributed by atoms with Crippen LogP contribution in [0.2, 0.25) is 0 Å². The van der Waals surface area contributed by atoms with Crippen molar-refractivity contribution in [1.82, 2.24) is 20.2 Å². The molecule has 2 aliphatic rings. The Kier molecular flexibility index (Phi) is 7.45. The van der Waals surface area contributed by atoms with Crippen molar-refractivity contribution >= 4 is 23.5 Å². The van der Waals surface area contributed by atoms with Crippen LogP contribution >= 0.6 is 0 Å². The van der Waals surface area contributed by atoms with Crippen LogP contribution in [0.4, 0.5) is 20.4 Å². The van der Waals surface area contributed by atoms with E-state index in [0.29, 0.717) is 35.3 Å². The first-order chi connectivity index (χ1) is 18.4. The van der Waals surface area contributed by atoms with E-state index in [-0.39, 0.29) is 36.4 Å². The topological polar surface area (TPSA) is 117 Å². The molecule has 2 heterocycles. The minimum absolute atomic E-state index is 0.0336. The van der Waals surface area contributed by atoms with Crippen molar-refractivity contribution in [3.05, 3.63) is 66.5 Å². The summed E-state index contributed by atoms with van der Waals surface area (Å²) in [5, 5.41) is 16.4. The van der Waals surface area contributed by atoms with Crippen LogP contribution in [0.3, 0.4) is 0 Å². The van der Waals surface area contributed by atoms with E-state index in [4.69, 9.17) is 0 Å². The highest BCUT2D eigenvalue weighted by Gasteiger charge is 2.41. The highest BCUT2D eigenvalue weighted by Crippen LogP contribution is 2.32. The van der Waals surface area contributed by atoms with Crippen LogP contribution in [0.1, 0.15) is 30.9 Å². The third-order valence-corrected chi connectivity index (χ3v) is 6.60. The van der Waals surface area contributed by atoms with Crippen LogP contribution in [0.15, 0.2) is 60.9 Å². The van der Waals surface area contributed by atoms with Gasteiger partial charge in [0.2, 0.25) is 17.8 Å². The molecule has 11 heteroatoms. The summed E-state index contributed by atoms with van der Waals surface area (Å²) < 4.78 is 29.0. The molecular weight excluding hydrogens is 496 g/mol. The molecule has 2 aromatic carbocycles. The zero-order valence-corrected chi connectivity index (χ0v) is 20.4. The summed E-state index contributed by atoms with van der Waals surface area (Å²) in [7, 11) is 0. The van der Waals surface area contributed by atoms with Crippen molar-refractivity contribution in [2.24, 2.45) is 5.92 Å². The summed E-state index contributed by atoms with van der Waals surface area (Å²) in [6.45, 7) is -2.36. The number of halogens is 2. The number of aliphatic hydroxyl groups excluding tert-OH is 1. The van der Waals surface area contributed by atoms with E-state index in [1.54, 1.807) is 53.7 Å². The smallest absolute Gasteiger partial charge is 0.387 e. The number of rotatable bonds is 10. The Hall–Kier alpha value is -4.12. The second-order valence-electron chi connectivity index (χ2n) is 9.38. The molecule has 0 radical (unpaired) electrons. The molecule has 5 rings (SSSR count). The Bertz CT molecular complexity index is 1270. The van der Waals surface area contributed by atoms with Gasteiger partial charge in [0.25, 0.3) is 0 Å². The molecule has 1 aliphatic heterocycles. The van der Waals surface area contributed by atoms with Crippen molar-refractivity contribution in [1.29, 1.82) is 0 Å². The lowest BCUT2D eigenvalue weighted by Gasteiger charge is -2.17. The van der Waals surface area contributed by atoms with Gasteiger partial charge >= 0.3 is 6.61 Å². The van der Waals surface area contributed by atoms with Crippen LogP contribution in [0, 0.1) is 5.92 Å². The minimum Gasteiger partial charge on any atom is -0.435 e. The summed E-state index contributed by atoms with van der Waals surface area (Å²) in [6.07, 6.45) is 4.59.